The Labute approximate surface area is 113 Å². The molecule has 0 saturated heterocycles. The van der Waals surface area contributed by atoms with Gasteiger partial charge in [-0.2, -0.15) is 5.10 Å². The Morgan fingerprint density at radius 1 is 1.26 bits per heavy atom. The number of anilines is 2. The van der Waals surface area contributed by atoms with E-state index in [1.807, 2.05) is 20.0 Å². The summed E-state index contributed by atoms with van der Waals surface area (Å²) in [5.74, 6) is 1.44. The molecule has 0 aliphatic rings. The summed E-state index contributed by atoms with van der Waals surface area (Å²) in [5.41, 5.74) is 10.1. The van der Waals surface area contributed by atoms with Crippen LogP contribution >= 0.6 is 0 Å². The number of nitrogens with one attached hydrogen (secondary N) is 1. The molecule has 0 fully saturated rings. The summed E-state index contributed by atoms with van der Waals surface area (Å²) in [6, 6.07) is 6.04. The van der Waals surface area contributed by atoms with E-state index < -0.39 is 0 Å². The van der Waals surface area contributed by atoms with Gasteiger partial charge in [0.15, 0.2) is 0 Å². The van der Waals surface area contributed by atoms with Gasteiger partial charge in [-0.3, -0.25) is 5.10 Å². The van der Waals surface area contributed by atoms with Crippen molar-refractivity contribution in [3.8, 4) is 5.75 Å². The van der Waals surface area contributed by atoms with Crippen LogP contribution in [0.15, 0.2) is 18.2 Å². The number of benzene rings is 1. The molecule has 5 nitrogen and oxygen atoms in total. The number of aryl methyl sites for hydroxylation is 2. The second kappa shape index (κ2) is 5.22. The molecule has 0 spiro atoms. The van der Waals surface area contributed by atoms with Gasteiger partial charge in [-0.05, 0) is 37.1 Å². The number of hydrogen-bond acceptors (Lipinski definition) is 4. The molecule has 0 amide bonds. The van der Waals surface area contributed by atoms with Gasteiger partial charge in [0.25, 0.3) is 0 Å². The van der Waals surface area contributed by atoms with Crippen LogP contribution in [0.2, 0.25) is 0 Å². The van der Waals surface area contributed by atoms with Crippen molar-refractivity contribution in [3.63, 3.8) is 0 Å². The fourth-order valence-corrected chi connectivity index (χ4v) is 2.21. The van der Waals surface area contributed by atoms with Crippen LogP contribution in [0.3, 0.4) is 0 Å². The van der Waals surface area contributed by atoms with Crippen LogP contribution in [-0.4, -0.2) is 24.4 Å². The minimum Gasteiger partial charge on any atom is -0.496 e. The average Bonchev–Trinajstić information content (AvgIpc) is 2.77. The van der Waals surface area contributed by atoms with Crippen LogP contribution in [0.4, 0.5) is 11.5 Å². The van der Waals surface area contributed by atoms with Crippen molar-refractivity contribution >= 4 is 11.5 Å². The van der Waals surface area contributed by atoms with Gasteiger partial charge >= 0.3 is 0 Å². The summed E-state index contributed by atoms with van der Waals surface area (Å²) in [4.78, 5) is 2.16. The van der Waals surface area contributed by atoms with Crippen molar-refractivity contribution in [1.29, 1.82) is 0 Å². The first-order valence-electron chi connectivity index (χ1n) is 6.17. The first-order valence-corrected chi connectivity index (χ1v) is 6.17. The molecule has 102 valence electrons. The quantitative estimate of drug-likeness (QED) is 0.884. The lowest BCUT2D eigenvalue weighted by atomic mass is 10.1. The van der Waals surface area contributed by atoms with Gasteiger partial charge in [0.05, 0.1) is 19.3 Å². The summed E-state index contributed by atoms with van der Waals surface area (Å²) in [5, 5.41) is 6.86. The lowest BCUT2D eigenvalue weighted by Crippen LogP contribution is -2.18. The predicted octanol–water partition coefficient (Wildman–Crippen LogP) is 2.25. The van der Waals surface area contributed by atoms with Crippen LogP contribution in [0.1, 0.15) is 16.8 Å². The molecule has 3 N–H and O–H groups in total. The number of aromatic nitrogens is 2. The normalized spacial score (nSPS) is 10.5. The predicted molar refractivity (Wildman–Crippen MR) is 77.6 cm³/mol. The molecule has 0 aliphatic carbocycles. The van der Waals surface area contributed by atoms with E-state index in [9.17, 15) is 0 Å². The molecule has 0 atom stereocenters. The molecule has 0 bridgehead atoms. The molecule has 1 aromatic heterocycles. The Kier molecular flexibility index (Phi) is 3.64. The monoisotopic (exact) mass is 260 g/mol. The maximum atomic E-state index is 5.61. The van der Waals surface area contributed by atoms with Gasteiger partial charge < -0.3 is 15.4 Å². The van der Waals surface area contributed by atoms with Crippen molar-refractivity contribution in [1.82, 2.24) is 10.2 Å². The molecular formula is C14H20N4O. The second-order valence-corrected chi connectivity index (χ2v) is 4.78. The highest BCUT2D eigenvalue weighted by Crippen LogP contribution is 2.28. The molecule has 2 aromatic rings. The standard InChI is InChI=1S/C14H20N4O/c1-9-6-13(19-4)10(2)5-12(9)18(3)8-11-7-14(15)17-16-11/h5-7H,8H2,1-4H3,(H3,15,16,17). The zero-order valence-corrected chi connectivity index (χ0v) is 11.8. The maximum absolute atomic E-state index is 5.61. The van der Waals surface area contributed by atoms with Gasteiger partial charge in [0.1, 0.15) is 11.6 Å². The Balaban J connectivity index is 2.23. The van der Waals surface area contributed by atoms with Crippen LogP contribution < -0.4 is 15.4 Å². The van der Waals surface area contributed by atoms with E-state index in [1.54, 1.807) is 7.11 Å². The van der Waals surface area contributed by atoms with Crippen molar-refractivity contribution < 1.29 is 4.74 Å². The number of H-pyrrole nitrogens is 1. The average molecular weight is 260 g/mol. The zero-order chi connectivity index (χ0) is 14.0. The summed E-state index contributed by atoms with van der Waals surface area (Å²) in [7, 11) is 3.74. The summed E-state index contributed by atoms with van der Waals surface area (Å²) in [6.07, 6.45) is 0. The number of nitrogen functional groups attached to an aromatic ring is 1. The summed E-state index contributed by atoms with van der Waals surface area (Å²) in [6.45, 7) is 4.86. The summed E-state index contributed by atoms with van der Waals surface area (Å²) >= 11 is 0. The zero-order valence-electron chi connectivity index (χ0n) is 11.8. The highest BCUT2D eigenvalue weighted by atomic mass is 16.5. The number of nitrogens with zero attached hydrogens (tertiary/aromatic N) is 2. The highest BCUT2D eigenvalue weighted by Gasteiger charge is 2.10. The fraction of sp³-hybridized carbons (Fsp3) is 0.357. The van der Waals surface area contributed by atoms with Gasteiger partial charge in [0.2, 0.25) is 0 Å². The minimum atomic E-state index is 0.519. The van der Waals surface area contributed by atoms with Gasteiger partial charge in [0, 0.05) is 18.8 Å². The number of aromatic amines is 1. The molecule has 0 saturated carbocycles. The largest absolute Gasteiger partial charge is 0.496 e. The maximum Gasteiger partial charge on any atom is 0.145 e. The Morgan fingerprint density at radius 3 is 2.58 bits per heavy atom. The van der Waals surface area contributed by atoms with E-state index in [0.29, 0.717) is 5.82 Å². The Hall–Kier alpha value is -2.17. The Bertz CT molecular complexity index is 577. The van der Waals surface area contributed by atoms with Crippen molar-refractivity contribution in [2.75, 3.05) is 24.8 Å². The number of methoxy groups -OCH3 is 1. The number of ether oxygens (including phenoxy) is 1. The van der Waals surface area contributed by atoms with E-state index in [1.165, 1.54) is 11.3 Å². The fourth-order valence-electron chi connectivity index (χ4n) is 2.21. The molecule has 2 rings (SSSR count). The Morgan fingerprint density at radius 2 is 2.00 bits per heavy atom. The van der Waals surface area contributed by atoms with Crippen LogP contribution in [0.25, 0.3) is 0 Å². The van der Waals surface area contributed by atoms with Crippen molar-refractivity contribution in [2.45, 2.75) is 20.4 Å². The third-order valence-corrected chi connectivity index (χ3v) is 3.18. The SMILES string of the molecule is COc1cc(C)c(N(C)Cc2cc(N)n[nH]2)cc1C. The second-order valence-electron chi connectivity index (χ2n) is 4.78. The van der Waals surface area contributed by atoms with Crippen molar-refractivity contribution in [2.24, 2.45) is 0 Å². The van der Waals surface area contributed by atoms with Crippen LogP contribution in [0.5, 0.6) is 5.75 Å². The van der Waals surface area contributed by atoms with E-state index in [0.717, 1.165) is 23.6 Å². The topological polar surface area (TPSA) is 67.2 Å². The molecule has 0 aliphatic heterocycles. The third-order valence-electron chi connectivity index (χ3n) is 3.18. The van der Waals surface area contributed by atoms with Gasteiger partial charge in [-0.15, -0.1) is 0 Å². The highest BCUT2D eigenvalue weighted by molar-refractivity contribution is 5.58. The smallest absolute Gasteiger partial charge is 0.145 e. The first kappa shape index (κ1) is 13.3. The molecule has 1 heterocycles. The minimum absolute atomic E-state index is 0.519. The number of nitrogens with two attached hydrogens (primary N) is 1. The van der Waals surface area contributed by atoms with E-state index in [-0.39, 0.29) is 0 Å². The number of hydrogen-bond donors (Lipinski definition) is 2. The number of rotatable bonds is 4. The molecule has 1 aromatic carbocycles. The molecular weight excluding hydrogens is 240 g/mol. The van der Waals surface area contributed by atoms with Gasteiger partial charge in [-0.1, -0.05) is 0 Å². The summed E-state index contributed by atoms with van der Waals surface area (Å²) < 4.78 is 5.33. The molecule has 5 heteroatoms. The molecule has 19 heavy (non-hydrogen) atoms. The lowest BCUT2D eigenvalue weighted by molar-refractivity contribution is 0.411. The van der Waals surface area contributed by atoms with E-state index in [4.69, 9.17) is 10.5 Å². The molecule has 0 radical (unpaired) electrons. The third kappa shape index (κ3) is 2.81. The molecule has 0 unspecified atom stereocenters. The van der Waals surface area contributed by atoms with Gasteiger partial charge in [-0.25, -0.2) is 0 Å². The van der Waals surface area contributed by atoms with E-state index in [2.05, 4.69) is 34.2 Å². The first-order chi connectivity index (χ1) is 9.01. The van der Waals surface area contributed by atoms with Crippen LogP contribution in [-0.2, 0) is 6.54 Å². The lowest BCUT2D eigenvalue weighted by Gasteiger charge is -2.22. The van der Waals surface area contributed by atoms with Crippen LogP contribution in [0, 0.1) is 13.8 Å². The van der Waals surface area contributed by atoms with E-state index >= 15 is 0 Å². The van der Waals surface area contributed by atoms with Crippen molar-refractivity contribution in [3.05, 3.63) is 35.0 Å².